The highest BCUT2D eigenvalue weighted by Gasteiger charge is 2.27. The van der Waals surface area contributed by atoms with Gasteiger partial charge in [0.2, 0.25) is 11.1 Å². The Morgan fingerprint density at radius 1 is 1.38 bits per heavy atom. The van der Waals surface area contributed by atoms with Gasteiger partial charge in [-0.25, -0.2) is 9.66 Å². The van der Waals surface area contributed by atoms with Gasteiger partial charge in [0, 0.05) is 19.0 Å². The Bertz CT molecular complexity index is 903. The van der Waals surface area contributed by atoms with Gasteiger partial charge >= 0.3 is 0 Å². The molecular formula is C17H20N6OS2. The Morgan fingerprint density at radius 3 is 3.00 bits per heavy atom. The molecular weight excluding hydrogens is 368 g/mol. The predicted octanol–water partition coefficient (Wildman–Crippen LogP) is 2.41. The van der Waals surface area contributed by atoms with Gasteiger partial charge in [-0.15, -0.1) is 21.5 Å². The molecule has 1 fully saturated rings. The normalized spacial score (nSPS) is 17.7. The molecule has 0 radical (unpaired) electrons. The molecule has 2 aromatic heterocycles. The maximum absolute atomic E-state index is 12.6. The van der Waals surface area contributed by atoms with Gasteiger partial charge in [-0.05, 0) is 31.9 Å². The predicted molar refractivity (Wildman–Crippen MR) is 104 cm³/mol. The maximum atomic E-state index is 12.6. The largest absolute Gasteiger partial charge is 0.341 e. The van der Waals surface area contributed by atoms with Crippen molar-refractivity contribution in [2.75, 3.05) is 24.7 Å². The van der Waals surface area contributed by atoms with E-state index in [1.165, 1.54) is 21.1 Å². The Morgan fingerprint density at radius 2 is 2.23 bits per heavy atom. The number of para-hydroxylation sites is 1. The summed E-state index contributed by atoms with van der Waals surface area (Å²) in [6.07, 6.45) is 2.08. The molecule has 1 saturated heterocycles. The minimum absolute atomic E-state index is 0.112. The fourth-order valence-electron chi connectivity index (χ4n) is 3.14. The number of rotatable bonds is 4. The molecule has 3 aromatic rings. The summed E-state index contributed by atoms with van der Waals surface area (Å²) < 4.78 is 2.62. The quantitative estimate of drug-likeness (QED) is 0.545. The maximum Gasteiger partial charge on any atom is 0.233 e. The van der Waals surface area contributed by atoms with E-state index < -0.39 is 0 Å². The topological polar surface area (TPSA) is 89.9 Å². The van der Waals surface area contributed by atoms with Crippen molar-refractivity contribution in [3.8, 4) is 0 Å². The van der Waals surface area contributed by atoms with Crippen molar-refractivity contribution in [1.82, 2.24) is 24.8 Å². The van der Waals surface area contributed by atoms with E-state index >= 15 is 0 Å². The number of nitrogens with two attached hydrogens (primary N) is 1. The zero-order valence-electron chi connectivity index (χ0n) is 14.5. The van der Waals surface area contributed by atoms with Crippen LogP contribution in [0.15, 0.2) is 29.4 Å². The second-order valence-corrected chi connectivity index (χ2v) is 8.39. The van der Waals surface area contributed by atoms with Crippen LogP contribution in [0.1, 0.15) is 29.6 Å². The molecule has 26 heavy (non-hydrogen) atoms. The summed E-state index contributed by atoms with van der Waals surface area (Å²) in [7, 11) is 0. The molecule has 2 N–H and O–H groups in total. The lowest BCUT2D eigenvalue weighted by molar-refractivity contribution is -0.129. The fourth-order valence-corrected chi connectivity index (χ4v) is 5.03. The minimum atomic E-state index is 0.112. The van der Waals surface area contributed by atoms with E-state index in [0.717, 1.165) is 36.5 Å². The number of aryl methyl sites for hydroxylation is 1. The van der Waals surface area contributed by atoms with E-state index in [4.69, 9.17) is 10.8 Å². The number of nitrogen functional groups attached to an aromatic ring is 1. The van der Waals surface area contributed by atoms with Gasteiger partial charge in [-0.1, -0.05) is 23.9 Å². The molecule has 136 valence electrons. The van der Waals surface area contributed by atoms with Crippen molar-refractivity contribution in [2.45, 2.75) is 30.8 Å². The van der Waals surface area contributed by atoms with Crippen LogP contribution in [0.4, 0.5) is 0 Å². The number of carbonyl (C=O) groups excluding carboxylic acids is 1. The average molecular weight is 389 g/mol. The molecule has 1 atom stereocenters. The molecule has 1 aliphatic heterocycles. The average Bonchev–Trinajstić information content (AvgIpc) is 3.24. The second kappa shape index (κ2) is 7.24. The van der Waals surface area contributed by atoms with E-state index in [0.29, 0.717) is 22.7 Å². The number of piperidine rings is 1. The number of thioether (sulfide) groups is 1. The lowest BCUT2D eigenvalue weighted by Gasteiger charge is -2.31. The number of carbonyl (C=O) groups is 1. The van der Waals surface area contributed by atoms with Gasteiger partial charge in [0.05, 0.1) is 21.0 Å². The summed E-state index contributed by atoms with van der Waals surface area (Å²) in [6.45, 7) is 3.31. The molecule has 0 bridgehead atoms. The Balaban J connectivity index is 1.41. The molecule has 0 saturated carbocycles. The lowest BCUT2D eigenvalue weighted by atomic mass is 9.99. The number of benzene rings is 1. The highest BCUT2D eigenvalue weighted by molar-refractivity contribution is 7.99. The molecule has 4 rings (SSSR count). The van der Waals surface area contributed by atoms with Crippen LogP contribution in [0.2, 0.25) is 0 Å². The number of aromatic nitrogens is 4. The summed E-state index contributed by atoms with van der Waals surface area (Å²) in [5, 5.41) is 9.60. The van der Waals surface area contributed by atoms with Crippen LogP contribution in [0, 0.1) is 6.92 Å². The third kappa shape index (κ3) is 3.41. The standard InChI is InChI=1S/C17H20N6OS2/c1-11-20-21-17(23(11)18)25-10-15(24)22-8-4-5-12(9-22)16-19-13-6-2-3-7-14(13)26-16/h2-3,6-7,12H,4-5,8-10,18H2,1H3/t12-/m0/s1. The zero-order valence-corrected chi connectivity index (χ0v) is 16.1. The smallest absolute Gasteiger partial charge is 0.233 e. The Kier molecular flexibility index (Phi) is 4.82. The molecule has 3 heterocycles. The highest BCUT2D eigenvalue weighted by atomic mass is 32.2. The van der Waals surface area contributed by atoms with Gasteiger partial charge in [0.25, 0.3) is 0 Å². The molecule has 1 aromatic carbocycles. The van der Waals surface area contributed by atoms with Crippen molar-refractivity contribution in [2.24, 2.45) is 0 Å². The lowest BCUT2D eigenvalue weighted by Crippen LogP contribution is -2.40. The number of nitrogens with zero attached hydrogens (tertiary/aromatic N) is 5. The second-order valence-electron chi connectivity index (χ2n) is 6.39. The number of fused-ring (bicyclic) bond motifs is 1. The number of thiazole rings is 1. The van der Waals surface area contributed by atoms with Crippen molar-refractivity contribution in [3.05, 3.63) is 35.1 Å². The van der Waals surface area contributed by atoms with Crippen LogP contribution >= 0.6 is 23.1 Å². The SMILES string of the molecule is Cc1nnc(SCC(=O)N2CCC[C@H](c3nc4ccccc4s3)C2)n1N. The monoisotopic (exact) mass is 388 g/mol. The van der Waals surface area contributed by atoms with Gasteiger partial charge in [-0.2, -0.15) is 0 Å². The number of likely N-dealkylation sites (tertiary alicyclic amines) is 1. The number of hydrogen-bond acceptors (Lipinski definition) is 7. The van der Waals surface area contributed by atoms with Gasteiger partial charge in [0.15, 0.2) is 0 Å². The molecule has 0 spiro atoms. The van der Waals surface area contributed by atoms with Crippen LogP contribution in [0.5, 0.6) is 0 Å². The van der Waals surface area contributed by atoms with Crippen molar-refractivity contribution in [1.29, 1.82) is 0 Å². The summed E-state index contributed by atoms with van der Waals surface area (Å²) >= 11 is 3.07. The molecule has 7 nitrogen and oxygen atoms in total. The van der Waals surface area contributed by atoms with Crippen LogP contribution in [0.3, 0.4) is 0 Å². The van der Waals surface area contributed by atoms with Crippen LogP contribution in [0.25, 0.3) is 10.2 Å². The molecule has 9 heteroatoms. The Labute approximate surface area is 159 Å². The first-order chi connectivity index (χ1) is 12.6. The summed E-state index contributed by atoms with van der Waals surface area (Å²) in [5.74, 6) is 7.22. The molecule has 1 aliphatic rings. The van der Waals surface area contributed by atoms with Crippen molar-refractivity contribution < 1.29 is 4.79 Å². The van der Waals surface area contributed by atoms with Crippen LogP contribution in [-0.2, 0) is 4.79 Å². The molecule has 0 aliphatic carbocycles. The third-order valence-electron chi connectivity index (χ3n) is 4.59. The van der Waals surface area contributed by atoms with E-state index in [2.05, 4.69) is 16.3 Å². The first kappa shape index (κ1) is 17.3. The zero-order chi connectivity index (χ0) is 18.1. The summed E-state index contributed by atoms with van der Waals surface area (Å²) in [6, 6.07) is 8.19. The van der Waals surface area contributed by atoms with Crippen LogP contribution in [-0.4, -0.2) is 49.5 Å². The summed E-state index contributed by atoms with van der Waals surface area (Å²) in [4.78, 5) is 19.3. The van der Waals surface area contributed by atoms with Crippen LogP contribution < -0.4 is 5.84 Å². The number of amides is 1. The highest BCUT2D eigenvalue weighted by Crippen LogP contribution is 2.33. The minimum Gasteiger partial charge on any atom is -0.341 e. The fraction of sp³-hybridized carbons (Fsp3) is 0.412. The first-order valence-corrected chi connectivity index (χ1v) is 10.3. The van der Waals surface area contributed by atoms with Crippen molar-refractivity contribution >= 4 is 39.2 Å². The van der Waals surface area contributed by atoms with E-state index in [-0.39, 0.29) is 5.91 Å². The Hall–Kier alpha value is -2.13. The molecule has 0 unspecified atom stereocenters. The van der Waals surface area contributed by atoms with Gasteiger partial charge < -0.3 is 10.7 Å². The molecule has 1 amide bonds. The van der Waals surface area contributed by atoms with E-state index in [1.807, 2.05) is 23.1 Å². The third-order valence-corrected chi connectivity index (χ3v) is 6.72. The van der Waals surface area contributed by atoms with E-state index in [1.54, 1.807) is 18.3 Å². The van der Waals surface area contributed by atoms with Crippen molar-refractivity contribution in [3.63, 3.8) is 0 Å². The van der Waals surface area contributed by atoms with Gasteiger partial charge in [0.1, 0.15) is 5.82 Å². The van der Waals surface area contributed by atoms with Gasteiger partial charge in [-0.3, -0.25) is 4.79 Å². The first-order valence-electron chi connectivity index (χ1n) is 8.55. The number of hydrogen-bond donors (Lipinski definition) is 1. The van der Waals surface area contributed by atoms with E-state index in [9.17, 15) is 4.79 Å². The summed E-state index contributed by atoms with van der Waals surface area (Å²) in [5.41, 5.74) is 1.05.